The molecule has 0 aliphatic carbocycles. The fourth-order valence-corrected chi connectivity index (χ4v) is 8.25. The lowest BCUT2D eigenvalue weighted by molar-refractivity contribution is -0.143. The van der Waals surface area contributed by atoms with Crippen molar-refractivity contribution in [1.29, 1.82) is 0 Å². The summed E-state index contributed by atoms with van der Waals surface area (Å²) in [4.78, 5) is 5.39. The van der Waals surface area contributed by atoms with Gasteiger partial charge in [0.25, 0.3) is 0 Å². The van der Waals surface area contributed by atoms with Crippen LogP contribution in [0, 0.1) is 23.2 Å². The van der Waals surface area contributed by atoms with Gasteiger partial charge in [-0.2, -0.15) is 0 Å². The Labute approximate surface area is 230 Å². The summed E-state index contributed by atoms with van der Waals surface area (Å²) in [6.07, 6.45) is 13.2. The number of hydrogen-bond acceptors (Lipinski definition) is 2. The maximum atomic E-state index is 2.70. The predicted octanol–water partition coefficient (Wildman–Crippen LogP) is 10.4. The van der Waals surface area contributed by atoms with Gasteiger partial charge in [-0.3, -0.25) is 9.80 Å². The Morgan fingerprint density at radius 3 is 1.50 bits per heavy atom. The summed E-state index contributed by atoms with van der Waals surface area (Å²) in [5.74, 6) is 2.58. The summed E-state index contributed by atoms with van der Waals surface area (Å²) in [7, 11) is 4.71. The molecule has 2 aliphatic heterocycles. The minimum atomic E-state index is 0. The van der Waals surface area contributed by atoms with E-state index in [9.17, 15) is 0 Å². The van der Waals surface area contributed by atoms with E-state index in [1.54, 1.807) is 0 Å². The van der Waals surface area contributed by atoms with E-state index >= 15 is 0 Å². The van der Waals surface area contributed by atoms with E-state index in [2.05, 4.69) is 114 Å². The van der Waals surface area contributed by atoms with Crippen LogP contribution >= 0.6 is 0 Å². The molecule has 2 fully saturated rings. The predicted molar refractivity (Wildman–Crippen MR) is 166 cm³/mol. The Balaban J connectivity index is 0.000000663. The fourth-order valence-electron chi connectivity index (χ4n) is 8.25. The first-order valence-electron chi connectivity index (χ1n) is 15.5. The van der Waals surface area contributed by atoms with Gasteiger partial charge in [0.05, 0.1) is 0 Å². The van der Waals surface area contributed by atoms with Crippen LogP contribution in [-0.4, -0.2) is 46.1 Å². The molecule has 0 spiro atoms. The van der Waals surface area contributed by atoms with Crippen LogP contribution < -0.4 is 0 Å². The summed E-state index contributed by atoms with van der Waals surface area (Å²) in [5, 5.41) is 0. The van der Waals surface area contributed by atoms with Crippen LogP contribution in [0.4, 0.5) is 0 Å². The standard InChI is InChI=1S/C17H35N.C16H33N.CH4/c1-9-12-14-13-16(6,10-2)18(8)17(7,11-3)15(14,4)5;1-8-11-14-12-15(5,9-2)17(7)16(6,10-3)13(14)4;/h14H,9-13H2,1-8H3;13-14H,8-12H2,1-7H3;1H4. The number of nitrogens with zero attached hydrogens (tertiary/aromatic N) is 2. The number of likely N-dealkylation sites (tertiary alicyclic amines) is 2. The van der Waals surface area contributed by atoms with Crippen LogP contribution in [0.1, 0.15) is 162 Å². The molecule has 0 aromatic heterocycles. The number of rotatable bonds is 8. The second kappa shape index (κ2) is 13.3. The summed E-state index contributed by atoms with van der Waals surface area (Å²) < 4.78 is 0. The molecule has 7 atom stereocenters. The zero-order valence-corrected chi connectivity index (χ0v) is 27.2. The van der Waals surface area contributed by atoms with E-state index in [1.165, 1.54) is 64.2 Å². The normalized spacial score (nSPS) is 41.2. The molecule has 0 aromatic rings. The van der Waals surface area contributed by atoms with Crippen molar-refractivity contribution in [3.05, 3.63) is 0 Å². The first-order chi connectivity index (χ1) is 16.0. The van der Waals surface area contributed by atoms with E-state index in [-0.39, 0.29) is 7.43 Å². The van der Waals surface area contributed by atoms with Crippen LogP contribution in [-0.2, 0) is 0 Å². The first-order valence-corrected chi connectivity index (χ1v) is 15.5. The minimum absolute atomic E-state index is 0. The minimum Gasteiger partial charge on any atom is -0.295 e. The second-order valence-electron chi connectivity index (χ2n) is 14.1. The molecule has 0 radical (unpaired) electrons. The highest BCUT2D eigenvalue weighted by Gasteiger charge is 2.56. The van der Waals surface area contributed by atoms with Crippen molar-refractivity contribution in [2.75, 3.05) is 14.1 Å². The molecule has 2 nitrogen and oxygen atoms in total. The van der Waals surface area contributed by atoms with Crippen LogP contribution in [0.2, 0.25) is 0 Å². The maximum Gasteiger partial charge on any atom is 0.0234 e. The van der Waals surface area contributed by atoms with Crippen molar-refractivity contribution >= 4 is 0 Å². The highest BCUT2D eigenvalue weighted by Crippen LogP contribution is 2.55. The van der Waals surface area contributed by atoms with Gasteiger partial charge in [0.15, 0.2) is 0 Å². The molecule has 0 aromatic carbocycles. The summed E-state index contributed by atoms with van der Waals surface area (Å²) in [5.41, 5.74) is 1.87. The Hall–Kier alpha value is -0.0800. The van der Waals surface area contributed by atoms with Crippen LogP contribution in [0.25, 0.3) is 0 Å². The first kappa shape index (κ1) is 35.9. The SMILES string of the molecule is C.CCCC1CC(C)(CC)N(C)C(C)(CC)C1(C)C.CCCC1CC(C)(CC)N(C)C(C)(CC)C1C. The maximum absolute atomic E-state index is 2.70. The Kier molecular flexibility index (Phi) is 13.3. The Morgan fingerprint density at radius 2 is 1.11 bits per heavy atom. The molecule has 218 valence electrons. The van der Waals surface area contributed by atoms with Crippen LogP contribution in [0.3, 0.4) is 0 Å². The lowest BCUT2D eigenvalue weighted by Crippen LogP contribution is -2.68. The van der Waals surface area contributed by atoms with Crippen molar-refractivity contribution in [1.82, 2.24) is 9.80 Å². The molecule has 2 heterocycles. The number of piperidine rings is 2. The van der Waals surface area contributed by atoms with Gasteiger partial charge in [0, 0.05) is 22.2 Å². The van der Waals surface area contributed by atoms with Gasteiger partial charge in [0.2, 0.25) is 0 Å². The van der Waals surface area contributed by atoms with E-state index in [1.807, 2.05) is 0 Å². The third kappa shape index (κ3) is 6.21. The molecule has 36 heavy (non-hydrogen) atoms. The molecular weight excluding hydrogens is 436 g/mol. The molecule has 0 N–H and O–H groups in total. The highest BCUT2D eigenvalue weighted by atomic mass is 15.3. The molecule has 0 saturated carbocycles. The zero-order valence-electron chi connectivity index (χ0n) is 27.2. The van der Waals surface area contributed by atoms with Crippen molar-refractivity contribution in [2.45, 2.75) is 184 Å². The van der Waals surface area contributed by atoms with Crippen molar-refractivity contribution < 1.29 is 0 Å². The lowest BCUT2D eigenvalue weighted by Gasteiger charge is -2.64. The monoisotopic (exact) mass is 509 g/mol. The quantitative estimate of drug-likeness (QED) is 0.321. The molecule has 2 saturated heterocycles. The van der Waals surface area contributed by atoms with Gasteiger partial charge in [0.1, 0.15) is 0 Å². The third-order valence-electron chi connectivity index (χ3n) is 12.8. The molecular formula is C34H72N2. The van der Waals surface area contributed by atoms with E-state index < -0.39 is 0 Å². The van der Waals surface area contributed by atoms with E-state index in [4.69, 9.17) is 0 Å². The molecule has 2 rings (SSSR count). The van der Waals surface area contributed by atoms with E-state index in [0.717, 1.165) is 17.8 Å². The molecule has 0 bridgehead atoms. The Morgan fingerprint density at radius 1 is 0.639 bits per heavy atom. The van der Waals surface area contributed by atoms with Gasteiger partial charge in [-0.15, -0.1) is 0 Å². The topological polar surface area (TPSA) is 6.48 Å². The van der Waals surface area contributed by atoms with Gasteiger partial charge in [-0.25, -0.2) is 0 Å². The fraction of sp³-hybridized carbons (Fsp3) is 1.00. The van der Waals surface area contributed by atoms with Gasteiger partial charge in [-0.1, -0.05) is 95.4 Å². The molecule has 2 heteroatoms. The molecule has 7 unspecified atom stereocenters. The molecule has 2 aliphatic rings. The third-order valence-corrected chi connectivity index (χ3v) is 12.8. The summed E-state index contributed by atoms with van der Waals surface area (Å²) >= 11 is 0. The average molecular weight is 509 g/mol. The zero-order chi connectivity index (χ0) is 27.5. The van der Waals surface area contributed by atoms with Crippen LogP contribution in [0.15, 0.2) is 0 Å². The van der Waals surface area contributed by atoms with Crippen molar-refractivity contribution in [3.8, 4) is 0 Å². The van der Waals surface area contributed by atoms with Gasteiger partial charge < -0.3 is 0 Å². The van der Waals surface area contributed by atoms with Crippen LogP contribution in [0.5, 0.6) is 0 Å². The van der Waals surface area contributed by atoms with Crippen molar-refractivity contribution in [2.24, 2.45) is 23.2 Å². The van der Waals surface area contributed by atoms with Gasteiger partial charge >= 0.3 is 0 Å². The van der Waals surface area contributed by atoms with E-state index in [0.29, 0.717) is 27.6 Å². The summed E-state index contributed by atoms with van der Waals surface area (Å²) in [6, 6.07) is 0. The number of hydrogen-bond donors (Lipinski definition) is 0. The van der Waals surface area contributed by atoms with Crippen molar-refractivity contribution in [3.63, 3.8) is 0 Å². The average Bonchev–Trinajstić information content (AvgIpc) is 2.84. The smallest absolute Gasteiger partial charge is 0.0234 e. The highest BCUT2D eigenvalue weighted by molar-refractivity contribution is 5.10. The summed E-state index contributed by atoms with van der Waals surface area (Å²) in [6.45, 7) is 31.5. The molecule has 0 amide bonds. The van der Waals surface area contributed by atoms with Gasteiger partial charge in [-0.05, 0) is 103 Å². The largest absolute Gasteiger partial charge is 0.295 e. The Bertz CT molecular complexity index is 643. The lowest BCUT2D eigenvalue weighted by atomic mass is 9.55. The second-order valence-corrected chi connectivity index (χ2v) is 14.1.